The second-order valence-electron chi connectivity index (χ2n) is 4.63. The summed E-state index contributed by atoms with van der Waals surface area (Å²) in [6, 6.07) is 7.55. The third-order valence-electron chi connectivity index (χ3n) is 3.26. The summed E-state index contributed by atoms with van der Waals surface area (Å²) in [6.07, 6.45) is 0.884. The van der Waals surface area contributed by atoms with Crippen LogP contribution in [0.15, 0.2) is 24.3 Å². The Hall–Kier alpha value is -2.30. The van der Waals surface area contributed by atoms with E-state index in [0.29, 0.717) is 6.54 Å². The monoisotopic (exact) mass is 274 g/mol. The maximum atomic E-state index is 10.9. The van der Waals surface area contributed by atoms with Crippen molar-refractivity contribution in [2.24, 2.45) is 0 Å². The van der Waals surface area contributed by atoms with Gasteiger partial charge in [0, 0.05) is 5.69 Å². The molecule has 0 spiro atoms. The Morgan fingerprint density at radius 2 is 2.15 bits per heavy atom. The van der Waals surface area contributed by atoms with Crippen molar-refractivity contribution in [2.45, 2.75) is 26.8 Å². The molecular weight excluding hydrogens is 256 g/mol. The summed E-state index contributed by atoms with van der Waals surface area (Å²) in [7, 11) is 1.66. The number of benzene rings is 1. The van der Waals surface area contributed by atoms with Gasteiger partial charge in [-0.3, -0.25) is 4.68 Å². The number of aromatic carboxylic acids is 1. The molecule has 0 amide bonds. The molecule has 0 aliphatic heterocycles. The summed E-state index contributed by atoms with van der Waals surface area (Å²) in [6.45, 7) is 4.48. The number of hydrogen-bond donors (Lipinski definition) is 1. The van der Waals surface area contributed by atoms with E-state index >= 15 is 0 Å². The lowest BCUT2D eigenvalue weighted by Gasteiger charge is -2.10. The van der Waals surface area contributed by atoms with E-state index in [-0.39, 0.29) is 5.69 Å². The zero-order chi connectivity index (χ0) is 14.7. The molecule has 2 aromatic rings. The van der Waals surface area contributed by atoms with Crippen LogP contribution >= 0.6 is 0 Å². The summed E-state index contributed by atoms with van der Waals surface area (Å²) in [5, 5.41) is 13.0. The highest BCUT2D eigenvalue weighted by molar-refractivity contribution is 5.85. The number of carboxylic acids is 1. The molecule has 0 atom stereocenters. The number of carboxylic acid groups (broad SMARTS) is 1. The molecule has 0 bridgehead atoms. The lowest BCUT2D eigenvalue weighted by Crippen LogP contribution is -2.06. The first-order valence-corrected chi connectivity index (χ1v) is 6.48. The lowest BCUT2D eigenvalue weighted by molar-refractivity contribution is 0.0689. The molecule has 0 aliphatic rings. The van der Waals surface area contributed by atoms with Crippen molar-refractivity contribution in [3.63, 3.8) is 0 Å². The molecule has 1 heterocycles. The molecule has 20 heavy (non-hydrogen) atoms. The molecule has 5 nitrogen and oxygen atoms in total. The highest BCUT2D eigenvalue weighted by Gasteiger charge is 2.11. The van der Waals surface area contributed by atoms with Gasteiger partial charge in [0.15, 0.2) is 5.69 Å². The van der Waals surface area contributed by atoms with Gasteiger partial charge in [-0.2, -0.15) is 5.10 Å². The van der Waals surface area contributed by atoms with E-state index in [9.17, 15) is 4.79 Å². The van der Waals surface area contributed by atoms with E-state index in [1.807, 2.05) is 19.1 Å². The average Bonchev–Trinajstić information content (AvgIpc) is 2.80. The summed E-state index contributed by atoms with van der Waals surface area (Å²) in [5.74, 6) is -0.129. The van der Waals surface area contributed by atoms with Gasteiger partial charge in [0.05, 0.1) is 13.7 Å². The highest BCUT2D eigenvalue weighted by atomic mass is 16.5. The fraction of sp³-hybridized carbons (Fsp3) is 0.333. The summed E-state index contributed by atoms with van der Waals surface area (Å²) in [4.78, 5) is 10.9. The van der Waals surface area contributed by atoms with Gasteiger partial charge in [-0.05, 0) is 36.6 Å². The van der Waals surface area contributed by atoms with Gasteiger partial charge in [-0.15, -0.1) is 0 Å². The van der Waals surface area contributed by atoms with Crippen LogP contribution in [0.4, 0.5) is 0 Å². The van der Waals surface area contributed by atoms with Gasteiger partial charge in [0.25, 0.3) is 0 Å². The third kappa shape index (κ3) is 2.82. The molecule has 0 aliphatic carbocycles. The molecule has 1 N–H and O–H groups in total. The van der Waals surface area contributed by atoms with Crippen LogP contribution in [0.1, 0.15) is 34.2 Å². The fourth-order valence-corrected chi connectivity index (χ4v) is 2.15. The quantitative estimate of drug-likeness (QED) is 0.910. The Morgan fingerprint density at radius 3 is 2.70 bits per heavy atom. The maximum Gasteiger partial charge on any atom is 0.356 e. The highest BCUT2D eigenvalue weighted by Crippen LogP contribution is 2.21. The van der Waals surface area contributed by atoms with Gasteiger partial charge in [-0.25, -0.2) is 4.79 Å². The smallest absolute Gasteiger partial charge is 0.356 e. The third-order valence-corrected chi connectivity index (χ3v) is 3.26. The first-order valence-electron chi connectivity index (χ1n) is 6.48. The molecule has 106 valence electrons. The standard InChI is InChI=1S/C15H18N2O3/c1-4-12-8-11(5-6-14(12)20-3)9-17-10(2)7-13(16-17)15(18)19/h5-8H,4,9H2,1-3H3,(H,18,19). The van der Waals surface area contributed by atoms with Crippen molar-refractivity contribution < 1.29 is 14.6 Å². The maximum absolute atomic E-state index is 10.9. The lowest BCUT2D eigenvalue weighted by atomic mass is 10.1. The zero-order valence-corrected chi connectivity index (χ0v) is 11.9. The second kappa shape index (κ2) is 5.77. The first kappa shape index (κ1) is 14.1. The van der Waals surface area contributed by atoms with Gasteiger partial charge in [0.1, 0.15) is 5.75 Å². The Balaban J connectivity index is 2.28. The van der Waals surface area contributed by atoms with Crippen molar-refractivity contribution in [3.8, 4) is 5.75 Å². The Bertz CT molecular complexity index is 632. The van der Waals surface area contributed by atoms with Crippen LogP contribution in [0.25, 0.3) is 0 Å². The van der Waals surface area contributed by atoms with Crippen LogP contribution in [0.2, 0.25) is 0 Å². The largest absolute Gasteiger partial charge is 0.496 e. The Morgan fingerprint density at radius 1 is 1.40 bits per heavy atom. The van der Waals surface area contributed by atoms with Gasteiger partial charge >= 0.3 is 5.97 Å². The number of rotatable bonds is 5. The molecule has 0 unspecified atom stereocenters. The minimum Gasteiger partial charge on any atom is -0.496 e. The predicted octanol–water partition coefficient (Wildman–Crippen LogP) is 2.51. The van der Waals surface area contributed by atoms with Gasteiger partial charge in [-0.1, -0.05) is 19.1 Å². The van der Waals surface area contributed by atoms with Crippen molar-refractivity contribution >= 4 is 5.97 Å². The molecule has 0 saturated carbocycles. The molecule has 1 aromatic heterocycles. The van der Waals surface area contributed by atoms with Gasteiger partial charge in [0.2, 0.25) is 0 Å². The van der Waals surface area contributed by atoms with Crippen molar-refractivity contribution in [1.29, 1.82) is 0 Å². The van der Waals surface area contributed by atoms with E-state index in [2.05, 4.69) is 18.1 Å². The van der Waals surface area contributed by atoms with Crippen LogP contribution in [-0.2, 0) is 13.0 Å². The topological polar surface area (TPSA) is 64.4 Å². The number of aromatic nitrogens is 2. The molecule has 5 heteroatoms. The number of nitrogens with zero attached hydrogens (tertiary/aromatic N) is 2. The van der Waals surface area contributed by atoms with E-state index in [0.717, 1.165) is 29.0 Å². The number of hydrogen-bond acceptors (Lipinski definition) is 3. The van der Waals surface area contributed by atoms with E-state index in [4.69, 9.17) is 9.84 Å². The number of aryl methyl sites for hydroxylation is 2. The van der Waals surface area contributed by atoms with Crippen LogP contribution in [0.3, 0.4) is 0 Å². The van der Waals surface area contributed by atoms with Crippen LogP contribution in [0, 0.1) is 6.92 Å². The minimum atomic E-state index is -1.00. The fourth-order valence-electron chi connectivity index (χ4n) is 2.15. The molecule has 2 rings (SSSR count). The molecule has 1 aromatic carbocycles. The van der Waals surface area contributed by atoms with Crippen LogP contribution < -0.4 is 4.74 Å². The van der Waals surface area contributed by atoms with Crippen LogP contribution in [-0.4, -0.2) is 28.0 Å². The zero-order valence-electron chi connectivity index (χ0n) is 11.9. The predicted molar refractivity (Wildman–Crippen MR) is 75.4 cm³/mol. The van der Waals surface area contributed by atoms with E-state index in [1.54, 1.807) is 17.9 Å². The molecule has 0 fully saturated rings. The first-order chi connectivity index (χ1) is 9.55. The summed E-state index contributed by atoms with van der Waals surface area (Å²) in [5.41, 5.74) is 3.11. The second-order valence-corrected chi connectivity index (χ2v) is 4.63. The SMILES string of the molecule is CCc1cc(Cn2nc(C(=O)O)cc2C)ccc1OC. The Labute approximate surface area is 117 Å². The van der Waals surface area contributed by atoms with Gasteiger partial charge < -0.3 is 9.84 Å². The van der Waals surface area contributed by atoms with Crippen molar-refractivity contribution in [3.05, 3.63) is 46.8 Å². The number of carbonyl (C=O) groups is 1. The van der Waals surface area contributed by atoms with E-state index in [1.165, 1.54) is 0 Å². The molecular formula is C15H18N2O3. The van der Waals surface area contributed by atoms with Crippen LogP contribution in [0.5, 0.6) is 5.75 Å². The average molecular weight is 274 g/mol. The van der Waals surface area contributed by atoms with Crippen molar-refractivity contribution in [2.75, 3.05) is 7.11 Å². The molecule has 0 saturated heterocycles. The summed E-state index contributed by atoms with van der Waals surface area (Å²) >= 11 is 0. The normalized spacial score (nSPS) is 10.6. The van der Waals surface area contributed by atoms with E-state index < -0.39 is 5.97 Å². The number of methoxy groups -OCH3 is 1. The molecule has 0 radical (unpaired) electrons. The summed E-state index contributed by atoms with van der Waals surface area (Å²) < 4.78 is 7.00. The Kier molecular flexibility index (Phi) is 4.08. The number of ether oxygens (including phenoxy) is 1. The van der Waals surface area contributed by atoms with Crippen molar-refractivity contribution in [1.82, 2.24) is 9.78 Å². The minimum absolute atomic E-state index is 0.0757.